The van der Waals surface area contributed by atoms with Gasteiger partial charge in [-0.3, -0.25) is 4.79 Å². The van der Waals surface area contributed by atoms with E-state index in [4.69, 9.17) is 28.9 Å². The summed E-state index contributed by atoms with van der Waals surface area (Å²) in [7, 11) is 1.64. The number of nitrogen functional groups attached to an aromatic ring is 1. The number of hydrogen-bond acceptors (Lipinski definition) is 6. The number of anilines is 1. The zero-order valence-electron chi connectivity index (χ0n) is 19.3. The van der Waals surface area contributed by atoms with Crippen molar-refractivity contribution in [3.8, 4) is 0 Å². The van der Waals surface area contributed by atoms with Crippen molar-refractivity contribution in [2.24, 2.45) is 11.6 Å². The molecular weight excluding hydrogens is 454 g/mol. The van der Waals surface area contributed by atoms with Crippen LogP contribution in [0.4, 0.5) is 10.5 Å². The summed E-state index contributed by atoms with van der Waals surface area (Å²) in [4.78, 5) is 29.3. The van der Waals surface area contributed by atoms with Crippen molar-refractivity contribution in [2.75, 3.05) is 32.4 Å². The molecule has 1 aliphatic heterocycles. The van der Waals surface area contributed by atoms with Gasteiger partial charge >= 0.3 is 6.03 Å². The lowest BCUT2D eigenvalue weighted by Crippen LogP contribution is -2.46. The lowest BCUT2D eigenvalue weighted by molar-refractivity contribution is -0.131. The Hall–Kier alpha value is -3.43. The second kappa shape index (κ2) is 11.6. The molecule has 182 valence electrons. The smallest absolute Gasteiger partial charge is 0.318 e. The summed E-state index contributed by atoms with van der Waals surface area (Å²) in [6, 6.07) is 14.3. The van der Waals surface area contributed by atoms with Crippen LogP contribution in [-0.2, 0) is 11.3 Å². The largest absolute Gasteiger partial charge is 0.399 e. The average Bonchev–Trinajstić information content (AvgIpc) is 3.28. The Bertz CT molecular complexity index is 1030. The Balaban J connectivity index is 1.67. The minimum Gasteiger partial charge on any atom is -0.399 e. The van der Waals surface area contributed by atoms with Gasteiger partial charge in [0.15, 0.2) is 0 Å². The Morgan fingerprint density at radius 1 is 1.21 bits per heavy atom. The van der Waals surface area contributed by atoms with Crippen LogP contribution in [0.25, 0.3) is 0 Å². The molecule has 1 fully saturated rings. The van der Waals surface area contributed by atoms with Crippen LogP contribution < -0.4 is 22.6 Å². The maximum Gasteiger partial charge on any atom is 0.318 e. The number of halogens is 1. The fourth-order valence-corrected chi connectivity index (χ4v) is 4.33. The molecule has 0 aromatic heterocycles. The van der Waals surface area contributed by atoms with E-state index in [1.165, 1.54) is 16.1 Å². The molecule has 34 heavy (non-hydrogen) atoms. The molecule has 2 aromatic rings. The van der Waals surface area contributed by atoms with Gasteiger partial charge in [0.25, 0.3) is 0 Å². The minimum absolute atomic E-state index is 0.0948. The van der Waals surface area contributed by atoms with E-state index in [1.54, 1.807) is 24.1 Å². The molecule has 2 aromatic carbocycles. The molecule has 9 nitrogen and oxygen atoms in total. The molecule has 1 atom stereocenters. The zero-order chi connectivity index (χ0) is 24.7. The van der Waals surface area contributed by atoms with Gasteiger partial charge in [0.05, 0.1) is 19.1 Å². The first kappa shape index (κ1) is 25.2. The van der Waals surface area contributed by atoms with Gasteiger partial charge in [-0.15, -0.1) is 0 Å². The first-order chi connectivity index (χ1) is 16.2. The number of rotatable bonds is 8. The summed E-state index contributed by atoms with van der Waals surface area (Å²) >= 11 is 6.36. The van der Waals surface area contributed by atoms with E-state index in [9.17, 15) is 9.59 Å². The van der Waals surface area contributed by atoms with Crippen LogP contribution in [0.15, 0.2) is 60.4 Å². The van der Waals surface area contributed by atoms with Gasteiger partial charge in [-0.05, 0) is 42.2 Å². The number of nitrogens with zero attached hydrogens (tertiary/aromatic N) is 3. The number of urea groups is 1. The predicted octanol–water partition coefficient (Wildman–Crippen LogP) is 2.40. The van der Waals surface area contributed by atoms with Crippen LogP contribution in [0.5, 0.6) is 0 Å². The maximum absolute atomic E-state index is 13.0. The van der Waals surface area contributed by atoms with Crippen molar-refractivity contribution < 1.29 is 9.59 Å². The highest BCUT2D eigenvalue weighted by Crippen LogP contribution is 2.35. The van der Waals surface area contributed by atoms with Gasteiger partial charge in [0.1, 0.15) is 0 Å². The number of likely N-dealkylation sites (tertiary alicyclic amines) is 1. The number of hydrogen-bond donors (Lipinski definition) is 4. The molecule has 1 unspecified atom stereocenters. The molecule has 0 saturated carbocycles. The molecule has 3 rings (SSSR count). The van der Waals surface area contributed by atoms with E-state index in [1.807, 2.05) is 36.4 Å². The normalized spacial score (nSPS) is 15.8. The van der Waals surface area contributed by atoms with Crippen LogP contribution in [0.3, 0.4) is 0 Å². The van der Waals surface area contributed by atoms with Crippen LogP contribution in [0, 0.1) is 0 Å². The second-order valence-corrected chi connectivity index (χ2v) is 8.80. The predicted molar refractivity (Wildman–Crippen MR) is 134 cm³/mol. The second-order valence-electron chi connectivity index (χ2n) is 8.39. The van der Waals surface area contributed by atoms with Crippen molar-refractivity contribution in [2.45, 2.75) is 25.4 Å². The number of carbonyl (C=O) groups is 2. The highest BCUT2D eigenvalue weighted by atomic mass is 35.5. The number of carbonyl (C=O) groups excluding carboxylic acids is 2. The van der Waals surface area contributed by atoms with Crippen molar-refractivity contribution in [1.82, 2.24) is 20.1 Å². The van der Waals surface area contributed by atoms with Crippen molar-refractivity contribution in [3.63, 3.8) is 0 Å². The van der Waals surface area contributed by atoms with Crippen LogP contribution >= 0.6 is 11.6 Å². The van der Waals surface area contributed by atoms with E-state index >= 15 is 0 Å². The quantitative estimate of drug-likeness (QED) is 0.258. The van der Waals surface area contributed by atoms with Gasteiger partial charge in [0, 0.05) is 42.7 Å². The fraction of sp³-hybridized carbons (Fsp3) is 0.333. The summed E-state index contributed by atoms with van der Waals surface area (Å²) < 4.78 is 0. The first-order valence-electron chi connectivity index (χ1n) is 11.1. The highest BCUT2D eigenvalue weighted by Gasteiger charge is 2.31. The number of nitrogens with two attached hydrogens (primary N) is 3. The van der Waals surface area contributed by atoms with E-state index in [0.29, 0.717) is 23.0 Å². The standard InChI is InChI=1S/C24H32ClN7O2/c1-30(28)15-19(27)16-31(14-17-8-10-18(26)11-9-17)24(34)29-13-23(33)32-12-4-7-22(32)20-5-2-3-6-21(20)25/h2-3,5-6,8-11,15,22H,4,7,12-14,16,26-28H2,1H3,(H,29,34)/b19-15-. The third-order valence-corrected chi connectivity index (χ3v) is 5.96. The molecule has 0 spiro atoms. The average molecular weight is 486 g/mol. The van der Waals surface area contributed by atoms with Gasteiger partial charge < -0.3 is 31.6 Å². The SMILES string of the molecule is CN(N)/C=C(\N)CN(Cc1ccc(N)cc1)C(=O)NCC(=O)N1CCCC1c1ccccc1Cl. The molecule has 0 bridgehead atoms. The van der Waals surface area contributed by atoms with E-state index in [2.05, 4.69) is 5.32 Å². The molecule has 7 N–H and O–H groups in total. The maximum atomic E-state index is 13.0. The van der Waals surface area contributed by atoms with Crippen LogP contribution in [0.2, 0.25) is 5.02 Å². The molecule has 1 aliphatic rings. The van der Waals surface area contributed by atoms with E-state index < -0.39 is 6.03 Å². The molecule has 10 heteroatoms. The molecule has 1 saturated heterocycles. The zero-order valence-corrected chi connectivity index (χ0v) is 20.0. The van der Waals surface area contributed by atoms with Crippen molar-refractivity contribution in [1.29, 1.82) is 0 Å². The summed E-state index contributed by atoms with van der Waals surface area (Å²) in [5.74, 6) is 5.48. The molecular formula is C24H32ClN7O2. The van der Waals surface area contributed by atoms with Gasteiger partial charge in [-0.25, -0.2) is 10.6 Å². The third-order valence-electron chi connectivity index (χ3n) is 5.61. The Kier molecular flexibility index (Phi) is 8.61. The Labute approximate surface area is 205 Å². The summed E-state index contributed by atoms with van der Waals surface area (Å²) in [5.41, 5.74) is 14.7. The highest BCUT2D eigenvalue weighted by molar-refractivity contribution is 6.31. The monoisotopic (exact) mass is 485 g/mol. The van der Waals surface area contributed by atoms with Crippen molar-refractivity contribution in [3.05, 3.63) is 76.6 Å². The Morgan fingerprint density at radius 2 is 1.91 bits per heavy atom. The Morgan fingerprint density at radius 3 is 2.59 bits per heavy atom. The lowest BCUT2D eigenvalue weighted by Gasteiger charge is -2.27. The minimum atomic E-state index is -0.408. The number of amides is 3. The topological polar surface area (TPSA) is 134 Å². The molecule has 0 aliphatic carbocycles. The number of hydrazine groups is 1. The number of nitrogens with one attached hydrogen (secondary N) is 1. The third kappa shape index (κ3) is 6.79. The summed E-state index contributed by atoms with van der Waals surface area (Å²) in [6.45, 7) is 0.920. The summed E-state index contributed by atoms with van der Waals surface area (Å²) in [5, 5.41) is 4.70. The van der Waals surface area contributed by atoms with E-state index in [0.717, 1.165) is 24.0 Å². The summed E-state index contributed by atoms with van der Waals surface area (Å²) in [6.07, 6.45) is 3.25. The van der Waals surface area contributed by atoms with Gasteiger partial charge in [-0.2, -0.15) is 0 Å². The van der Waals surface area contributed by atoms with Gasteiger partial charge in [-0.1, -0.05) is 41.9 Å². The molecule has 0 radical (unpaired) electrons. The van der Waals surface area contributed by atoms with Gasteiger partial charge in [0.2, 0.25) is 5.91 Å². The number of benzene rings is 2. The van der Waals surface area contributed by atoms with Crippen LogP contribution in [-0.4, -0.2) is 53.4 Å². The molecule has 3 amide bonds. The van der Waals surface area contributed by atoms with Crippen LogP contribution in [0.1, 0.15) is 30.0 Å². The fourth-order valence-electron chi connectivity index (χ4n) is 4.06. The molecule has 1 heterocycles. The van der Waals surface area contributed by atoms with E-state index in [-0.39, 0.29) is 31.6 Å². The first-order valence-corrected chi connectivity index (χ1v) is 11.5. The van der Waals surface area contributed by atoms with Crippen molar-refractivity contribution >= 4 is 29.2 Å². The lowest BCUT2D eigenvalue weighted by atomic mass is 10.0.